The van der Waals surface area contributed by atoms with Gasteiger partial charge in [-0.1, -0.05) is 53.2 Å². The topological polar surface area (TPSA) is 66.7 Å². The molecule has 3 rings (SSSR count). The van der Waals surface area contributed by atoms with Crippen LogP contribution in [0.25, 0.3) is 10.9 Å². The van der Waals surface area contributed by atoms with Crippen molar-refractivity contribution >= 4 is 51.7 Å². The molecule has 0 aliphatic heterocycles. The largest absolute Gasteiger partial charge is 0.349 e. The third kappa shape index (κ3) is 2.58. The van der Waals surface area contributed by atoms with Crippen LogP contribution in [0.1, 0.15) is 0 Å². The van der Waals surface area contributed by atoms with Crippen molar-refractivity contribution in [1.29, 1.82) is 0 Å². The van der Waals surface area contributed by atoms with Crippen molar-refractivity contribution in [3.05, 3.63) is 46.4 Å². The van der Waals surface area contributed by atoms with Gasteiger partial charge in [-0.25, -0.2) is 10.8 Å². The van der Waals surface area contributed by atoms with E-state index in [2.05, 4.69) is 15.4 Å². The van der Waals surface area contributed by atoms with Gasteiger partial charge in [0.1, 0.15) is 5.03 Å². The molecule has 0 unspecified atom stereocenters. The highest BCUT2D eigenvalue weighted by atomic mass is 35.5. The second kappa shape index (κ2) is 5.54. The first-order chi connectivity index (χ1) is 9.67. The highest BCUT2D eigenvalue weighted by molar-refractivity contribution is 7.99. The molecule has 0 saturated heterocycles. The molecule has 20 heavy (non-hydrogen) atoms. The zero-order valence-corrected chi connectivity index (χ0v) is 12.5. The predicted molar refractivity (Wildman–Crippen MR) is 84.5 cm³/mol. The molecule has 2 aromatic heterocycles. The molecule has 3 aromatic rings. The van der Waals surface area contributed by atoms with Crippen LogP contribution in [0.3, 0.4) is 0 Å². The summed E-state index contributed by atoms with van der Waals surface area (Å²) in [5.74, 6) is 5.77. The molecule has 4 N–H and O–H groups in total. The zero-order chi connectivity index (χ0) is 14.1. The molecular weight excluding hydrogens is 315 g/mol. The lowest BCUT2D eigenvalue weighted by Crippen LogP contribution is -2.09. The summed E-state index contributed by atoms with van der Waals surface area (Å²) in [6.45, 7) is 0. The molecule has 102 valence electrons. The van der Waals surface area contributed by atoms with E-state index in [-0.39, 0.29) is 0 Å². The Labute approximate surface area is 129 Å². The van der Waals surface area contributed by atoms with Crippen molar-refractivity contribution in [1.82, 2.24) is 9.97 Å². The Bertz CT molecular complexity index is 739. The van der Waals surface area contributed by atoms with Crippen LogP contribution in [0, 0.1) is 0 Å². The van der Waals surface area contributed by atoms with E-state index < -0.39 is 0 Å². The van der Waals surface area contributed by atoms with Crippen LogP contribution in [-0.2, 0) is 0 Å². The summed E-state index contributed by atoms with van der Waals surface area (Å²) >= 11 is 13.5. The Balaban J connectivity index is 1.98. The van der Waals surface area contributed by atoms with Crippen molar-refractivity contribution in [2.24, 2.45) is 5.84 Å². The van der Waals surface area contributed by atoms with E-state index in [0.29, 0.717) is 20.9 Å². The number of anilines is 1. The van der Waals surface area contributed by atoms with Gasteiger partial charge in [-0.2, -0.15) is 0 Å². The van der Waals surface area contributed by atoms with E-state index in [0.717, 1.165) is 15.9 Å². The van der Waals surface area contributed by atoms with Crippen LogP contribution in [-0.4, -0.2) is 9.97 Å². The van der Waals surface area contributed by atoms with Crippen molar-refractivity contribution in [2.75, 3.05) is 5.43 Å². The lowest BCUT2D eigenvalue weighted by Gasteiger charge is -2.06. The summed E-state index contributed by atoms with van der Waals surface area (Å²) in [6, 6.07) is 11.7. The lowest BCUT2D eigenvalue weighted by molar-refractivity contribution is 1.10. The predicted octanol–water partition coefficient (Wildman–Crippen LogP) is 4.31. The molecule has 0 fully saturated rings. The number of fused-ring (bicyclic) bond motifs is 1. The maximum Gasteiger partial charge on any atom is 0.160 e. The van der Waals surface area contributed by atoms with Crippen LogP contribution in [0.15, 0.2) is 46.5 Å². The van der Waals surface area contributed by atoms with Gasteiger partial charge in [0.25, 0.3) is 0 Å². The number of rotatable bonds is 3. The molecule has 7 heteroatoms. The number of nitrogens with two attached hydrogens (primary N) is 1. The number of aromatic amines is 1. The number of nitrogens with one attached hydrogen (secondary N) is 2. The number of nitrogens with zero attached hydrogens (tertiary/aromatic N) is 1. The average molecular weight is 325 g/mol. The summed E-state index contributed by atoms with van der Waals surface area (Å²) in [5.41, 5.74) is 3.52. The molecular formula is C13H10Cl2N4S. The number of hydrogen-bond donors (Lipinski definition) is 3. The third-order valence-corrected chi connectivity index (χ3v) is 4.38. The zero-order valence-electron chi connectivity index (χ0n) is 10.2. The fourth-order valence-corrected chi connectivity index (χ4v) is 3.21. The number of nitrogen functional groups attached to an aromatic ring is 1. The second-order valence-electron chi connectivity index (χ2n) is 4.07. The van der Waals surface area contributed by atoms with Gasteiger partial charge in [0.05, 0.1) is 15.1 Å². The fraction of sp³-hybridized carbons (Fsp3) is 0. The summed E-state index contributed by atoms with van der Waals surface area (Å²) in [7, 11) is 0. The minimum atomic E-state index is 0.387. The Morgan fingerprint density at radius 2 is 1.95 bits per heavy atom. The van der Waals surface area contributed by atoms with E-state index in [4.69, 9.17) is 29.0 Å². The summed E-state index contributed by atoms with van der Waals surface area (Å²) < 4.78 is 0. The Morgan fingerprint density at radius 1 is 1.15 bits per heavy atom. The molecule has 0 aliphatic rings. The van der Waals surface area contributed by atoms with Gasteiger partial charge in [0, 0.05) is 10.9 Å². The highest BCUT2D eigenvalue weighted by Gasteiger charge is 2.11. The van der Waals surface area contributed by atoms with Crippen LogP contribution < -0.4 is 11.3 Å². The maximum absolute atomic E-state index is 6.16. The van der Waals surface area contributed by atoms with Crippen LogP contribution in [0.2, 0.25) is 10.0 Å². The smallest absolute Gasteiger partial charge is 0.160 e. The lowest BCUT2D eigenvalue weighted by atomic mass is 10.3. The average Bonchev–Trinajstić information content (AvgIpc) is 2.84. The quantitative estimate of drug-likeness (QED) is 0.496. The molecule has 0 amide bonds. The Hall–Kier alpha value is -1.40. The number of pyridine rings is 1. The molecule has 0 spiro atoms. The first-order valence-corrected chi connectivity index (χ1v) is 7.33. The number of para-hydroxylation sites is 1. The van der Waals surface area contributed by atoms with Crippen molar-refractivity contribution < 1.29 is 0 Å². The first kappa shape index (κ1) is 13.6. The van der Waals surface area contributed by atoms with Gasteiger partial charge in [-0.3, -0.25) is 0 Å². The van der Waals surface area contributed by atoms with Gasteiger partial charge in [-0.15, -0.1) is 0 Å². The number of H-pyrrole nitrogens is 1. The normalized spacial score (nSPS) is 10.9. The molecule has 0 atom stereocenters. The number of benzene rings is 1. The van der Waals surface area contributed by atoms with Crippen molar-refractivity contribution in [3.63, 3.8) is 0 Å². The van der Waals surface area contributed by atoms with Gasteiger partial charge >= 0.3 is 0 Å². The van der Waals surface area contributed by atoms with E-state index >= 15 is 0 Å². The van der Waals surface area contributed by atoms with Crippen LogP contribution in [0.5, 0.6) is 0 Å². The van der Waals surface area contributed by atoms with Crippen molar-refractivity contribution in [3.8, 4) is 0 Å². The number of halogens is 2. The highest BCUT2D eigenvalue weighted by Crippen LogP contribution is 2.36. The summed E-state index contributed by atoms with van der Waals surface area (Å²) in [6.07, 6.45) is 0. The second-order valence-corrected chi connectivity index (χ2v) is 5.92. The molecule has 0 aliphatic carbocycles. The molecule has 4 nitrogen and oxygen atoms in total. The van der Waals surface area contributed by atoms with Crippen molar-refractivity contribution in [2.45, 2.75) is 10.1 Å². The molecule has 0 radical (unpaired) electrons. The number of hydrazine groups is 1. The number of hydrogen-bond acceptors (Lipinski definition) is 4. The Morgan fingerprint density at radius 3 is 2.70 bits per heavy atom. The minimum absolute atomic E-state index is 0.387. The van der Waals surface area contributed by atoms with E-state index in [1.54, 1.807) is 6.07 Å². The minimum Gasteiger partial charge on any atom is -0.349 e. The summed E-state index contributed by atoms with van der Waals surface area (Å²) in [5, 5.41) is 3.59. The van der Waals surface area contributed by atoms with Gasteiger partial charge in [-0.05, 0) is 18.2 Å². The molecule has 0 bridgehead atoms. The SMILES string of the molecule is NNc1nc(Sc2cc3ccccc3[nH]2)c(Cl)cc1Cl. The standard InChI is InChI=1S/C13H10Cl2N4S/c14-8-6-9(15)13(18-12(8)19-16)20-11-5-7-3-1-2-4-10(7)17-11/h1-6,17H,16H2,(H,18,19). The molecule has 0 saturated carbocycles. The van der Waals surface area contributed by atoms with E-state index in [1.807, 2.05) is 30.3 Å². The van der Waals surface area contributed by atoms with E-state index in [9.17, 15) is 0 Å². The first-order valence-electron chi connectivity index (χ1n) is 5.75. The Kier molecular flexibility index (Phi) is 3.76. The fourth-order valence-electron chi connectivity index (χ4n) is 1.83. The number of aromatic nitrogens is 2. The summed E-state index contributed by atoms with van der Waals surface area (Å²) in [4.78, 5) is 7.60. The van der Waals surface area contributed by atoms with Gasteiger partial charge in [0.2, 0.25) is 0 Å². The molecule has 1 aromatic carbocycles. The third-order valence-electron chi connectivity index (χ3n) is 2.75. The molecule has 2 heterocycles. The van der Waals surface area contributed by atoms with Gasteiger partial charge in [0.15, 0.2) is 5.82 Å². The maximum atomic E-state index is 6.16. The van der Waals surface area contributed by atoms with Crippen LogP contribution >= 0.6 is 35.0 Å². The van der Waals surface area contributed by atoms with Crippen LogP contribution in [0.4, 0.5) is 5.82 Å². The van der Waals surface area contributed by atoms with E-state index in [1.165, 1.54) is 11.8 Å². The monoisotopic (exact) mass is 324 g/mol. The van der Waals surface area contributed by atoms with Gasteiger partial charge < -0.3 is 10.4 Å².